The van der Waals surface area contributed by atoms with Gasteiger partial charge in [0.2, 0.25) is 10.0 Å². The van der Waals surface area contributed by atoms with Gasteiger partial charge in [-0.25, -0.2) is 13.4 Å². The second-order valence-electron chi connectivity index (χ2n) is 9.15. The minimum absolute atomic E-state index is 0.219. The quantitative estimate of drug-likeness (QED) is 0.545. The predicted molar refractivity (Wildman–Crippen MR) is 130 cm³/mol. The summed E-state index contributed by atoms with van der Waals surface area (Å²) in [6.45, 7) is 9.51. The second kappa shape index (κ2) is 8.92. The summed E-state index contributed by atoms with van der Waals surface area (Å²) < 4.78 is 28.7. The fraction of sp³-hybridized carbons (Fsp3) is 0.417. The van der Waals surface area contributed by atoms with Crippen molar-refractivity contribution >= 4 is 42.6 Å². The van der Waals surface area contributed by atoms with Gasteiger partial charge in [-0.3, -0.25) is 10.1 Å². The van der Waals surface area contributed by atoms with Gasteiger partial charge in [0.15, 0.2) is 5.13 Å². The number of thiazole rings is 1. The maximum atomic E-state index is 13.0. The van der Waals surface area contributed by atoms with Crippen LogP contribution in [0.25, 0.3) is 10.2 Å². The van der Waals surface area contributed by atoms with Crippen molar-refractivity contribution in [3.8, 4) is 0 Å². The van der Waals surface area contributed by atoms with E-state index in [1.807, 2.05) is 6.07 Å². The lowest BCUT2D eigenvalue weighted by Crippen LogP contribution is -2.42. The number of carbonyl (C=O) groups is 1. The van der Waals surface area contributed by atoms with Crippen molar-refractivity contribution in [3.63, 3.8) is 0 Å². The number of aromatic nitrogens is 1. The molecule has 0 aliphatic carbocycles. The molecule has 0 bridgehead atoms. The number of piperidine rings is 1. The monoisotopic (exact) mass is 471 g/mol. The smallest absolute Gasteiger partial charge is 0.257 e. The number of fused-ring (bicyclic) bond motifs is 1. The molecule has 2 atom stereocenters. The lowest BCUT2D eigenvalue weighted by Gasteiger charge is -2.34. The van der Waals surface area contributed by atoms with Gasteiger partial charge in [-0.05, 0) is 66.1 Å². The molecule has 8 heteroatoms. The molecule has 1 saturated heterocycles. The maximum absolute atomic E-state index is 13.0. The largest absolute Gasteiger partial charge is 0.298 e. The molecule has 4 rings (SSSR count). The number of hydrogen-bond donors (Lipinski definition) is 1. The standard InChI is InChI=1S/C24H29N3O3S2/c1-15(2)19-7-10-21-22(12-19)31-24(25-21)26-23(28)18-5-8-20(9-6-18)32(29,30)27-13-16(3)11-17(4)14-27/h5-10,12,15-17H,11,13-14H2,1-4H3,(H,25,26,28)/t16-,17+. The van der Waals surface area contributed by atoms with E-state index < -0.39 is 10.0 Å². The number of sulfonamides is 1. The van der Waals surface area contributed by atoms with Gasteiger partial charge in [0.1, 0.15) is 0 Å². The molecule has 0 saturated carbocycles. The SMILES string of the molecule is CC(C)c1ccc2nc(NC(=O)c3ccc(S(=O)(=O)N4C[C@H](C)C[C@H](C)C4)cc3)sc2c1. The van der Waals surface area contributed by atoms with Crippen LogP contribution >= 0.6 is 11.3 Å². The molecule has 0 radical (unpaired) electrons. The van der Waals surface area contributed by atoms with Gasteiger partial charge in [0.05, 0.1) is 15.1 Å². The van der Waals surface area contributed by atoms with Crippen LogP contribution in [0, 0.1) is 11.8 Å². The number of nitrogens with zero attached hydrogens (tertiary/aromatic N) is 2. The first-order chi connectivity index (χ1) is 15.1. The van der Waals surface area contributed by atoms with Crippen LogP contribution in [0.1, 0.15) is 56.0 Å². The molecule has 6 nitrogen and oxygen atoms in total. The zero-order chi connectivity index (χ0) is 23.0. The van der Waals surface area contributed by atoms with E-state index >= 15 is 0 Å². The molecule has 0 spiro atoms. The van der Waals surface area contributed by atoms with Gasteiger partial charge in [0, 0.05) is 18.7 Å². The van der Waals surface area contributed by atoms with E-state index in [9.17, 15) is 13.2 Å². The molecule has 3 aromatic rings. The zero-order valence-electron chi connectivity index (χ0n) is 18.8. The summed E-state index contributed by atoms with van der Waals surface area (Å²) >= 11 is 1.43. The maximum Gasteiger partial charge on any atom is 0.257 e. The van der Waals surface area contributed by atoms with Crippen molar-refractivity contribution in [2.75, 3.05) is 18.4 Å². The lowest BCUT2D eigenvalue weighted by molar-refractivity contribution is 0.102. The van der Waals surface area contributed by atoms with E-state index in [1.54, 1.807) is 16.4 Å². The zero-order valence-corrected chi connectivity index (χ0v) is 20.5. The first-order valence-electron chi connectivity index (χ1n) is 11.0. The molecule has 1 aliphatic rings. The predicted octanol–water partition coefficient (Wildman–Crippen LogP) is 5.34. The van der Waals surface area contributed by atoms with Crippen molar-refractivity contribution in [2.45, 2.75) is 44.9 Å². The molecule has 1 fully saturated rings. The normalized spacial score (nSPS) is 20.0. The number of carbonyl (C=O) groups excluding carboxylic acids is 1. The highest BCUT2D eigenvalue weighted by Crippen LogP contribution is 2.30. The summed E-state index contributed by atoms with van der Waals surface area (Å²) in [5, 5.41) is 3.36. The number of amides is 1. The van der Waals surface area contributed by atoms with Gasteiger partial charge in [0.25, 0.3) is 5.91 Å². The Morgan fingerprint density at radius 3 is 2.38 bits per heavy atom. The highest BCUT2D eigenvalue weighted by molar-refractivity contribution is 7.89. The second-order valence-corrected chi connectivity index (χ2v) is 12.1. The van der Waals surface area contributed by atoms with E-state index in [1.165, 1.54) is 29.0 Å². The molecule has 1 aromatic heterocycles. The molecule has 1 amide bonds. The fourth-order valence-electron chi connectivity index (χ4n) is 4.25. The third kappa shape index (κ3) is 4.72. The fourth-order valence-corrected chi connectivity index (χ4v) is 6.84. The number of anilines is 1. The van der Waals surface area contributed by atoms with Gasteiger partial charge in [-0.1, -0.05) is 45.1 Å². The Morgan fingerprint density at radius 1 is 1.09 bits per heavy atom. The van der Waals surface area contributed by atoms with Crippen LogP contribution in [0.4, 0.5) is 5.13 Å². The minimum atomic E-state index is -3.57. The number of hydrogen-bond acceptors (Lipinski definition) is 5. The van der Waals surface area contributed by atoms with Crippen molar-refractivity contribution in [3.05, 3.63) is 53.6 Å². The Hall–Kier alpha value is -2.29. The van der Waals surface area contributed by atoms with Gasteiger partial charge < -0.3 is 0 Å². The van der Waals surface area contributed by atoms with Crippen molar-refractivity contribution in [1.29, 1.82) is 0 Å². The summed E-state index contributed by atoms with van der Waals surface area (Å²) in [5.41, 5.74) is 2.47. The van der Waals surface area contributed by atoms with Crippen LogP contribution in [0.15, 0.2) is 47.4 Å². The Morgan fingerprint density at radius 2 is 1.75 bits per heavy atom. The summed E-state index contributed by atoms with van der Waals surface area (Å²) in [5.74, 6) is 0.788. The average molecular weight is 472 g/mol. The number of rotatable bonds is 5. The topological polar surface area (TPSA) is 79.4 Å². The minimum Gasteiger partial charge on any atom is -0.298 e. The van der Waals surface area contributed by atoms with Crippen molar-refractivity contribution in [1.82, 2.24) is 9.29 Å². The van der Waals surface area contributed by atoms with Crippen LogP contribution < -0.4 is 5.32 Å². The Labute approximate surface area is 193 Å². The van der Waals surface area contributed by atoms with Gasteiger partial charge >= 0.3 is 0 Å². The summed E-state index contributed by atoms with van der Waals surface area (Å²) in [4.78, 5) is 17.4. The first-order valence-corrected chi connectivity index (χ1v) is 13.2. The highest BCUT2D eigenvalue weighted by Gasteiger charge is 2.31. The molecular formula is C24H29N3O3S2. The first kappa shape index (κ1) is 22.9. The Kier molecular flexibility index (Phi) is 6.38. The lowest BCUT2D eigenvalue weighted by atomic mass is 9.94. The molecule has 2 aromatic carbocycles. The van der Waals surface area contributed by atoms with E-state index in [4.69, 9.17) is 0 Å². The van der Waals surface area contributed by atoms with Gasteiger partial charge in [-0.2, -0.15) is 4.31 Å². The van der Waals surface area contributed by atoms with Gasteiger partial charge in [-0.15, -0.1) is 0 Å². The van der Waals surface area contributed by atoms with E-state index in [2.05, 4.69) is 50.1 Å². The van der Waals surface area contributed by atoms with E-state index in [0.717, 1.165) is 16.6 Å². The molecule has 170 valence electrons. The van der Waals surface area contributed by atoms with E-state index in [0.29, 0.717) is 41.5 Å². The molecule has 2 heterocycles. The Balaban J connectivity index is 1.49. The van der Waals surface area contributed by atoms with Crippen molar-refractivity contribution in [2.24, 2.45) is 11.8 Å². The van der Waals surface area contributed by atoms with E-state index in [-0.39, 0.29) is 10.8 Å². The highest BCUT2D eigenvalue weighted by atomic mass is 32.2. The molecule has 32 heavy (non-hydrogen) atoms. The summed E-state index contributed by atoms with van der Waals surface area (Å²) in [6.07, 6.45) is 1.04. The van der Waals surface area contributed by atoms with Crippen molar-refractivity contribution < 1.29 is 13.2 Å². The van der Waals surface area contributed by atoms with Crippen LogP contribution in [-0.4, -0.2) is 36.7 Å². The van der Waals surface area contributed by atoms with Crippen LogP contribution in [0.3, 0.4) is 0 Å². The molecule has 0 unspecified atom stereocenters. The molecule has 1 aliphatic heterocycles. The number of benzene rings is 2. The third-order valence-electron chi connectivity index (χ3n) is 5.89. The van der Waals surface area contributed by atoms with Crippen LogP contribution in [0.2, 0.25) is 0 Å². The van der Waals surface area contributed by atoms with Crippen LogP contribution in [-0.2, 0) is 10.0 Å². The summed E-state index contributed by atoms with van der Waals surface area (Å²) in [6, 6.07) is 12.3. The Bertz CT molecular complexity index is 1220. The average Bonchev–Trinajstić information content (AvgIpc) is 3.14. The summed E-state index contributed by atoms with van der Waals surface area (Å²) in [7, 11) is -3.57. The number of nitrogens with one attached hydrogen (secondary N) is 1. The molecule has 1 N–H and O–H groups in total. The molecular weight excluding hydrogens is 442 g/mol. The van der Waals surface area contributed by atoms with Crippen LogP contribution in [0.5, 0.6) is 0 Å². The third-order valence-corrected chi connectivity index (χ3v) is 8.67.